The van der Waals surface area contributed by atoms with Crippen molar-refractivity contribution in [3.05, 3.63) is 53.1 Å². The Balaban J connectivity index is 1.62. The van der Waals surface area contributed by atoms with Gasteiger partial charge in [-0.05, 0) is 48.1 Å². The Bertz CT molecular complexity index is 810. The highest BCUT2D eigenvalue weighted by atomic mass is 16.5. The summed E-state index contributed by atoms with van der Waals surface area (Å²) < 4.78 is 11.4. The average Bonchev–Trinajstić information content (AvgIpc) is 3.11. The maximum Gasteiger partial charge on any atom is 0.342 e. The zero-order valence-electron chi connectivity index (χ0n) is 18.0. The fraction of sp³-hybridized carbons (Fsp3) is 0.500. The monoisotopic (exact) mass is 394 g/mol. The van der Waals surface area contributed by atoms with E-state index in [-0.39, 0.29) is 5.97 Å². The van der Waals surface area contributed by atoms with E-state index in [1.165, 1.54) is 56.1 Å². The first-order valence-electron chi connectivity index (χ1n) is 11.3. The third-order valence-corrected chi connectivity index (χ3v) is 5.68. The van der Waals surface area contributed by atoms with Crippen molar-refractivity contribution in [2.75, 3.05) is 13.2 Å². The summed E-state index contributed by atoms with van der Waals surface area (Å²) in [6, 6.07) is 12.4. The Hall–Kier alpha value is -2.29. The number of fused-ring (bicyclic) bond motifs is 3. The average molecular weight is 395 g/mol. The minimum Gasteiger partial charge on any atom is -0.493 e. The second-order valence-electron chi connectivity index (χ2n) is 7.84. The Morgan fingerprint density at radius 3 is 2.34 bits per heavy atom. The fourth-order valence-electron chi connectivity index (χ4n) is 4.16. The van der Waals surface area contributed by atoms with Crippen LogP contribution in [-0.4, -0.2) is 19.2 Å². The van der Waals surface area contributed by atoms with Gasteiger partial charge in [-0.3, -0.25) is 0 Å². The number of hydrogen-bond donors (Lipinski definition) is 0. The van der Waals surface area contributed by atoms with Gasteiger partial charge in [0.15, 0.2) is 0 Å². The smallest absolute Gasteiger partial charge is 0.342 e. The van der Waals surface area contributed by atoms with Gasteiger partial charge < -0.3 is 9.47 Å². The Morgan fingerprint density at radius 2 is 1.59 bits per heavy atom. The summed E-state index contributed by atoms with van der Waals surface area (Å²) in [7, 11) is 0. The third-order valence-electron chi connectivity index (χ3n) is 5.68. The van der Waals surface area contributed by atoms with Gasteiger partial charge in [0.25, 0.3) is 0 Å². The molecule has 1 aliphatic carbocycles. The van der Waals surface area contributed by atoms with Crippen molar-refractivity contribution in [2.24, 2.45) is 0 Å². The summed E-state index contributed by atoms with van der Waals surface area (Å²) in [6.45, 7) is 5.11. The molecule has 0 spiro atoms. The molecule has 0 radical (unpaired) electrons. The van der Waals surface area contributed by atoms with Crippen molar-refractivity contribution in [1.29, 1.82) is 0 Å². The molecule has 2 aromatic carbocycles. The predicted molar refractivity (Wildman–Crippen MR) is 119 cm³/mol. The highest BCUT2D eigenvalue weighted by molar-refractivity contribution is 5.98. The molecule has 2 aromatic rings. The second-order valence-corrected chi connectivity index (χ2v) is 7.84. The largest absolute Gasteiger partial charge is 0.493 e. The Morgan fingerprint density at radius 1 is 0.862 bits per heavy atom. The number of ether oxygens (including phenoxy) is 2. The number of unbranched alkanes of at least 4 members (excludes halogenated alkanes) is 7. The maximum atomic E-state index is 12.7. The third kappa shape index (κ3) is 5.41. The van der Waals surface area contributed by atoms with Crippen LogP contribution in [0, 0.1) is 0 Å². The number of carbonyl (C=O) groups excluding carboxylic acids is 1. The van der Waals surface area contributed by atoms with Crippen LogP contribution in [0.25, 0.3) is 11.1 Å². The van der Waals surface area contributed by atoms with Gasteiger partial charge in [0.1, 0.15) is 11.3 Å². The van der Waals surface area contributed by atoms with Crippen LogP contribution in [0.1, 0.15) is 86.7 Å². The number of benzene rings is 2. The molecule has 0 N–H and O–H groups in total. The van der Waals surface area contributed by atoms with Crippen LogP contribution in [0.2, 0.25) is 0 Å². The molecule has 29 heavy (non-hydrogen) atoms. The van der Waals surface area contributed by atoms with Gasteiger partial charge >= 0.3 is 5.97 Å². The van der Waals surface area contributed by atoms with Crippen LogP contribution in [-0.2, 0) is 11.2 Å². The van der Waals surface area contributed by atoms with Crippen molar-refractivity contribution >= 4 is 5.97 Å². The lowest BCUT2D eigenvalue weighted by atomic mass is 10.00. The van der Waals surface area contributed by atoms with E-state index in [1.54, 1.807) is 0 Å². The summed E-state index contributed by atoms with van der Waals surface area (Å²) in [5.41, 5.74) is 5.25. The zero-order valence-corrected chi connectivity index (χ0v) is 18.0. The van der Waals surface area contributed by atoms with Gasteiger partial charge in [0.2, 0.25) is 0 Å². The molecule has 0 atom stereocenters. The van der Waals surface area contributed by atoms with E-state index in [2.05, 4.69) is 31.2 Å². The zero-order chi connectivity index (χ0) is 20.5. The summed E-state index contributed by atoms with van der Waals surface area (Å²) in [5, 5.41) is 0. The van der Waals surface area contributed by atoms with Crippen LogP contribution in [0.4, 0.5) is 0 Å². The molecule has 0 saturated carbocycles. The van der Waals surface area contributed by atoms with E-state index in [9.17, 15) is 4.79 Å². The van der Waals surface area contributed by atoms with Crippen molar-refractivity contribution < 1.29 is 14.3 Å². The van der Waals surface area contributed by atoms with Gasteiger partial charge in [-0.15, -0.1) is 0 Å². The second kappa shape index (κ2) is 11.0. The van der Waals surface area contributed by atoms with Crippen molar-refractivity contribution in [2.45, 2.75) is 71.6 Å². The topological polar surface area (TPSA) is 35.5 Å². The molecule has 0 bridgehead atoms. The number of hydrogen-bond acceptors (Lipinski definition) is 3. The lowest BCUT2D eigenvalue weighted by Gasteiger charge is -2.15. The molecule has 0 aromatic heterocycles. The van der Waals surface area contributed by atoms with Gasteiger partial charge in [-0.2, -0.15) is 0 Å². The Kier molecular flexibility index (Phi) is 8.15. The molecule has 0 unspecified atom stereocenters. The molecule has 3 nitrogen and oxygen atoms in total. The molecule has 156 valence electrons. The van der Waals surface area contributed by atoms with Crippen LogP contribution < -0.4 is 4.74 Å². The first kappa shape index (κ1) is 21.4. The molecule has 0 saturated heterocycles. The summed E-state index contributed by atoms with van der Waals surface area (Å²) in [5.74, 6) is 0.390. The number of rotatable bonds is 12. The van der Waals surface area contributed by atoms with E-state index in [4.69, 9.17) is 9.47 Å². The standard InChI is InChI=1S/C26H34O3/c1-3-5-6-7-8-9-10-13-18-29-24-17-16-22-21-15-12-11-14-20(21)19-23(22)25(24)26(27)28-4-2/h11-12,14-17H,3-10,13,18-19H2,1-2H3. The molecule has 1 aliphatic rings. The number of carbonyl (C=O) groups is 1. The summed E-state index contributed by atoms with van der Waals surface area (Å²) >= 11 is 0. The number of esters is 1. The van der Waals surface area contributed by atoms with E-state index in [0.29, 0.717) is 24.5 Å². The molecule has 0 fully saturated rings. The van der Waals surface area contributed by atoms with Crippen LogP contribution >= 0.6 is 0 Å². The normalized spacial score (nSPS) is 11.8. The fourth-order valence-corrected chi connectivity index (χ4v) is 4.16. The van der Waals surface area contributed by atoms with Gasteiger partial charge in [-0.1, -0.05) is 82.2 Å². The van der Waals surface area contributed by atoms with E-state index >= 15 is 0 Å². The minimum absolute atomic E-state index is 0.275. The summed E-state index contributed by atoms with van der Waals surface area (Å²) in [6.07, 6.45) is 10.9. The highest BCUT2D eigenvalue weighted by Gasteiger charge is 2.27. The van der Waals surface area contributed by atoms with Crippen molar-refractivity contribution in [3.63, 3.8) is 0 Å². The van der Waals surface area contributed by atoms with Gasteiger partial charge in [0, 0.05) is 0 Å². The SMILES string of the molecule is CCCCCCCCCCOc1ccc2c(c1C(=O)OCC)Cc1ccccc1-2. The van der Waals surface area contributed by atoms with E-state index in [0.717, 1.165) is 24.0 Å². The first-order chi connectivity index (χ1) is 14.3. The van der Waals surface area contributed by atoms with Crippen LogP contribution in [0.5, 0.6) is 5.75 Å². The summed E-state index contributed by atoms with van der Waals surface area (Å²) in [4.78, 5) is 12.7. The molecular weight excluding hydrogens is 360 g/mol. The first-order valence-corrected chi connectivity index (χ1v) is 11.3. The van der Waals surface area contributed by atoms with E-state index < -0.39 is 0 Å². The van der Waals surface area contributed by atoms with Gasteiger partial charge in [-0.25, -0.2) is 4.79 Å². The molecular formula is C26H34O3. The van der Waals surface area contributed by atoms with Crippen molar-refractivity contribution in [1.82, 2.24) is 0 Å². The molecule has 0 aliphatic heterocycles. The molecule has 3 heteroatoms. The molecule has 0 amide bonds. The van der Waals surface area contributed by atoms with E-state index in [1.807, 2.05) is 19.1 Å². The minimum atomic E-state index is -0.275. The Labute approximate surface area is 175 Å². The van der Waals surface area contributed by atoms with Crippen LogP contribution in [0.15, 0.2) is 36.4 Å². The quantitative estimate of drug-likeness (QED) is 0.246. The highest BCUT2D eigenvalue weighted by Crippen LogP contribution is 2.41. The van der Waals surface area contributed by atoms with Gasteiger partial charge in [0.05, 0.1) is 13.2 Å². The lowest BCUT2D eigenvalue weighted by Crippen LogP contribution is -2.11. The van der Waals surface area contributed by atoms with Crippen molar-refractivity contribution in [3.8, 4) is 16.9 Å². The predicted octanol–water partition coefficient (Wildman–Crippen LogP) is 6.95. The van der Waals surface area contributed by atoms with Crippen LogP contribution in [0.3, 0.4) is 0 Å². The lowest BCUT2D eigenvalue weighted by molar-refractivity contribution is 0.0520. The maximum absolute atomic E-state index is 12.7. The molecule has 3 rings (SSSR count). The molecule has 0 heterocycles.